The van der Waals surface area contributed by atoms with Crippen molar-refractivity contribution in [2.75, 3.05) is 0 Å². The summed E-state index contributed by atoms with van der Waals surface area (Å²) in [6, 6.07) is 23.7. The van der Waals surface area contributed by atoms with Gasteiger partial charge in [-0.25, -0.2) is 0 Å². The predicted molar refractivity (Wildman–Crippen MR) is 204 cm³/mol. The van der Waals surface area contributed by atoms with Gasteiger partial charge < -0.3 is 5.11 Å². The van der Waals surface area contributed by atoms with E-state index < -0.39 is 0 Å². The molecule has 7 heteroatoms. The predicted octanol–water partition coefficient (Wildman–Crippen LogP) is 12.0. The van der Waals surface area contributed by atoms with Gasteiger partial charge in [-0.15, -0.1) is 29.1 Å². The van der Waals surface area contributed by atoms with Crippen LogP contribution in [0.1, 0.15) is 106 Å². The number of hydrogen-bond donors (Lipinski definition) is 1. The first kappa shape index (κ1) is 42.5. The van der Waals surface area contributed by atoms with Crippen LogP contribution in [0, 0.1) is 33.4 Å². The summed E-state index contributed by atoms with van der Waals surface area (Å²) in [4.78, 5) is 27.6. The minimum atomic E-state index is -0.361. The van der Waals surface area contributed by atoms with Gasteiger partial charge >= 0.3 is 0 Å². The van der Waals surface area contributed by atoms with Crippen molar-refractivity contribution in [1.29, 1.82) is 0 Å². The smallest absolute Gasteiger partial charge is 0.293 e. The van der Waals surface area contributed by atoms with Crippen molar-refractivity contribution >= 4 is 22.2 Å². The molecule has 0 spiro atoms. The van der Waals surface area contributed by atoms with Crippen molar-refractivity contribution in [3.05, 3.63) is 106 Å². The number of ketones is 1. The first-order valence-electron chi connectivity index (χ1n) is 17.7. The van der Waals surface area contributed by atoms with Gasteiger partial charge in [-0.3, -0.25) is 19.9 Å². The molecule has 6 nitrogen and oxygen atoms in total. The summed E-state index contributed by atoms with van der Waals surface area (Å²) in [6.07, 6.45) is 7.22. The number of hydrogen-bond acceptors (Lipinski definition) is 5. The maximum Gasteiger partial charge on any atom is 0.293 e. The molecule has 0 atom stereocenters. The number of pyridine rings is 1. The Morgan fingerprint density at radius 3 is 2.00 bits per heavy atom. The van der Waals surface area contributed by atoms with Gasteiger partial charge in [0.2, 0.25) is 0 Å². The fraction of sp³-hybridized carbons (Fsp3) is 0.442. The Balaban J connectivity index is 0.000000461. The number of allylic oxidation sites excluding steroid dienone is 2. The minimum Gasteiger partial charge on any atom is -0.512 e. The summed E-state index contributed by atoms with van der Waals surface area (Å²) in [7, 11) is 0. The first-order valence-corrected chi connectivity index (χ1v) is 17.7. The molecule has 0 saturated heterocycles. The Morgan fingerprint density at radius 1 is 0.900 bits per heavy atom. The van der Waals surface area contributed by atoms with Crippen LogP contribution in [0.2, 0.25) is 0 Å². The molecule has 0 aliphatic heterocycles. The van der Waals surface area contributed by atoms with Crippen LogP contribution >= 0.6 is 0 Å². The van der Waals surface area contributed by atoms with Crippen LogP contribution in [0.25, 0.3) is 33.2 Å². The summed E-state index contributed by atoms with van der Waals surface area (Å²) in [5, 5.41) is 23.7. The SMILES string of the molecule is CC(C)(C)Cc1ccc(-c2cc(-c3[c-]c4ccccc4c(C(C)(C)C)c3)ncc2[N+](=O)[O-])cc1.CCC(CC)C(=O)/C=C(\O)C(CC)CC.[Ir]. The molecule has 1 heterocycles. The van der Waals surface area contributed by atoms with E-state index in [0.29, 0.717) is 11.3 Å². The Labute approximate surface area is 313 Å². The first-order chi connectivity index (χ1) is 23.0. The van der Waals surface area contributed by atoms with Crippen molar-refractivity contribution in [3.63, 3.8) is 0 Å². The fourth-order valence-corrected chi connectivity index (χ4v) is 6.15. The molecule has 1 N–H and O–H groups in total. The van der Waals surface area contributed by atoms with E-state index in [2.05, 4.69) is 76.9 Å². The monoisotopic (exact) mass is 856 g/mol. The Morgan fingerprint density at radius 2 is 1.48 bits per heavy atom. The average molecular weight is 856 g/mol. The second kappa shape index (κ2) is 18.5. The number of aromatic nitrogens is 1. The maximum atomic E-state index is 11.8. The van der Waals surface area contributed by atoms with Crippen molar-refractivity contribution in [3.8, 4) is 22.4 Å². The average Bonchev–Trinajstić information content (AvgIpc) is 3.04. The van der Waals surface area contributed by atoms with E-state index in [4.69, 9.17) is 0 Å². The Bertz CT molecular complexity index is 1760. The molecule has 1 aromatic heterocycles. The zero-order valence-electron chi connectivity index (χ0n) is 31.5. The summed E-state index contributed by atoms with van der Waals surface area (Å²) in [5.74, 6) is 0.547. The van der Waals surface area contributed by atoms with E-state index in [1.807, 2.05) is 64.1 Å². The van der Waals surface area contributed by atoms with E-state index in [-0.39, 0.29) is 64.9 Å². The second-order valence-electron chi connectivity index (χ2n) is 15.2. The molecule has 1 radical (unpaired) electrons. The van der Waals surface area contributed by atoms with Gasteiger partial charge in [0.05, 0.1) is 22.4 Å². The van der Waals surface area contributed by atoms with Gasteiger partial charge in [-0.1, -0.05) is 129 Å². The molecule has 0 saturated carbocycles. The van der Waals surface area contributed by atoms with Crippen LogP contribution in [0.4, 0.5) is 5.69 Å². The summed E-state index contributed by atoms with van der Waals surface area (Å²) in [5.41, 5.74) is 5.41. The molecule has 50 heavy (non-hydrogen) atoms. The number of aliphatic hydroxyl groups excluding tert-OH is 1. The van der Waals surface area contributed by atoms with Crippen molar-refractivity contribution in [2.24, 2.45) is 17.3 Å². The van der Waals surface area contributed by atoms with Crippen LogP contribution in [0.15, 0.2) is 78.7 Å². The van der Waals surface area contributed by atoms with Gasteiger partial charge in [-0.2, -0.15) is 0 Å². The number of benzene rings is 3. The zero-order valence-corrected chi connectivity index (χ0v) is 33.9. The fourth-order valence-electron chi connectivity index (χ4n) is 6.15. The molecule has 0 aliphatic carbocycles. The quantitative estimate of drug-likeness (QED) is 0.0533. The zero-order chi connectivity index (χ0) is 36.5. The summed E-state index contributed by atoms with van der Waals surface area (Å²) < 4.78 is 0. The minimum absolute atomic E-state index is 0. The van der Waals surface area contributed by atoms with Crippen LogP contribution in [0.3, 0.4) is 0 Å². The van der Waals surface area contributed by atoms with Crippen LogP contribution in [-0.2, 0) is 36.7 Å². The van der Waals surface area contributed by atoms with E-state index in [0.717, 1.165) is 54.0 Å². The Kier molecular flexibility index (Phi) is 15.8. The largest absolute Gasteiger partial charge is 0.512 e. The molecule has 4 rings (SSSR count). The number of nitrogens with zero attached hydrogens (tertiary/aromatic N) is 2. The summed E-state index contributed by atoms with van der Waals surface area (Å²) in [6.45, 7) is 21.2. The second-order valence-corrected chi connectivity index (χ2v) is 15.2. The molecule has 0 bridgehead atoms. The number of carbonyl (C=O) groups excluding carboxylic acids is 1. The van der Waals surface area contributed by atoms with Gasteiger partial charge in [0.15, 0.2) is 5.78 Å². The maximum absolute atomic E-state index is 11.8. The van der Waals surface area contributed by atoms with E-state index >= 15 is 0 Å². The molecular weight excluding hydrogens is 801 g/mol. The van der Waals surface area contributed by atoms with E-state index in [1.54, 1.807) is 0 Å². The van der Waals surface area contributed by atoms with E-state index in [1.165, 1.54) is 23.4 Å². The van der Waals surface area contributed by atoms with E-state index in [9.17, 15) is 20.0 Å². The standard InChI is InChI=1S/C30H31N2O2.C13H24O2.Ir/c1-29(2,3)18-20-11-13-21(14-12-20)25-17-27(31-19-28(25)32(33)34)23-15-22-9-7-8-10-24(22)26(16-23)30(4,5)6;1-5-10(6-2)12(14)9-13(15)11(7-3)8-4;/h7-14,16-17,19H,18H2,1-6H3;9-11,14H,5-8H2,1-4H3;/q-1;;/b;12-9-;. The molecule has 3 aromatic carbocycles. The Hall–Kier alpha value is -3.67. The van der Waals surface area contributed by atoms with Crippen LogP contribution < -0.4 is 0 Å². The van der Waals surface area contributed by atoms with Crippen molar-refractivity contribution in [1.82, 2.24) is 4.98 Å². The molecule has 0 unspecified atom stereocenters. The van der Waals surface area contributed by atoms with Gasteiger partial charge in [0, 0.05) is 43.7 Å². The normalized spacial score (nSPS) is 12.0. The molecule has 0 amide bonds. The van der Waals surface area contributed by atoms with Crippen molar-refractivity contribution < 1.29 is 34.9 Å². The van der Waals surface area contributed by atoms with Gasteiger partial charge in [-0.05, 0) is 54.1 Å². The third-order valence-corrected chi connectivity index (χ3v) is 9.02. The van der Waals surface area contributed by atoms with Gasteiger partial charge in [0.25, 0.3) is 5.69 Å². The molecular formula is C43H55IrN2O4-. The molecule has 0 aliphatic rings. The topological polar surface area (TPSA) is 93.3 Å². The third kappa shape index (κ3) is 11.4. The van der Waals surface area contributed by atoms with Crippen molar-refractivity contribution in [2.45, 2.75) is 107 Å². The molecule has 0 fully saturated rings. The molecule has 4 aromatic rings. The number of fused-ring (bicyclic) bond motifs is 1. The third-order valence-electron chi connectivity index (χ3n) is 9.02. The number of carbonyl (C=O) groups is 1. The molecule has 271 valence electrons. The number of rotatable bonds is 11. The van der Waals surface area contributed by atoms with Gasteiger partial charge in [0.1, 0.15) is 0 Å². The van der Waals surface area contributed by atoms with Crippen LogP contribution in [0.5, 0.6) is 0 Å². The van der Waals surface area contributed by atoms with Crippen LogP contribution in [-0.4, -0.2) is 20.8 Å². The number of aliphatic hydroxyl groups is 1. The number of nitro groups is 1. The summed E-state index contributed by atoms with van der Waals surface area (Å²) >= 11 is 0.